The zero-order valence-electron chi connectivity index (χ0n) is 14.3. The Morgan fingerprint density at radius 3 is 2.40 bits per heavy atom. The molecule has 132 valence electrons. The smallest absolute Gasteiger partial charge is 0.264 e. The summed E-state index contributed by atoms with van der Waals surface area (Å²) in [5, 5.41) is 0. The Bertz CT molecular complexity index is 855. The lowest BCUT2D eigenvalue weighted by Crippen LogP contribution is -2.33. The predicted molar refractivity (Wildman–Crippen MR) is 95.8 cm³/mol. The molecule has 3 rings (SSSR count). The van der Waals surface area contributed by atoms with Crippen LogP contribution in [0.4, 0.5) is 0 Å². The van der Waals surface area contributed by atoms with E-state index in [9.17, 15) is 8.42 Å². The van der Waals surface area contributed by atoms with Gasteiger partial charge in [-0.2, -0.15) is 0 Å². The van der Waals surface area contributed by atoms with Crippen LogP contribution in [0.1, 0.15) is 11.1 Å². The summed E-state index contributed by atoms with van der Waals surface area (Å²) < 4.78 is 37.7. The van der Waals surface area contributed by atoms with Crippen molar-refractivity contribution in [1.29, 1.82) is 0 Å². The molecule has 0 unspecified atom stereocenters. The van der Waals surface area contributed by atoms with Gasteiger partial charge in [-0.3, -0.25) is 4.31 Å². The molecule has 25 heavy (non-hydrogen) atoms. The minimum Gasteiger partial charge on any atom is -0.497 e. The summed E-state index contributed by atoms with van der Waals surface area (Å²) in [6.07, 6.45) is 2.12. The Balaban J connectivity index is 1.80. The van der Waals surface area contributed by atoms with Gasteiger partial charge in [0.1, 0.15) is 18.1 Å². The van der Waals surface area contributed by atoms with Crippen molar-refractivity contribution in [1.82, 2.24) is 4.31 Å². The highest BCUT2D eigenvalue weighted by Gasteiger charge is 2.25. The average Bonchev–Trinajstić information content (AvgIpc) is 2.63. The SMILES string of the molecule is COc1ccc(CC2=CN(S(=O)(=O)c3ccc(C)cc3)CCO2)cc1. The van der Waals surface area contributed by atoms with Crippen LogP contribution < -0.4 is 4.74 Å². The lowest BCUT2D eigenvalue weighted by molar-refractivity contribution is 0.168. The van der Waals surface area contributed by atoms with E-state index in [2.05, 4.69) is 0 Å². The first-order chi connectivity index (χ1) is 12.0. The van der Waals surface area contributed by atoms with E-state index in [4.69, 9.17) is 9.47 Å². The molecule has 1 aliphatic heterocycles. The summed E-state index contributed by atoms with van der Waals surface area (Å²) in [6, 6.07) is 14.5. The molecule has 0 saturated heterocycles. The molecule has 2 aromatic carbocycles. The number of hydrogen-bond acceptors (Lipinski definition) is 4. The summed E-state index contributed by atoms with van der Waals surface area (Å²) >= 11 is 0. The second-order valence-electron chi connectivity index (χ2n) is 5.90. The third kappa shape index (κ3) is 3.96. The van der Waals surface area contributed by atoms with Crippen LogP contribution in [0.25, 0.3) is 0 Å². The van der Waals surface area contributed by atoms with Crippen molar-refractivity contribution in [3.63, 3.8) is 0 Å². The second-order valence-corrected chi connectivity index (χ2v) is 7.79. The van der Waals surface area contributed by atoms with Crippen LogP contribution in [0.2, 0.25) is 0 Å². The van der Waals surface area contributed by atoms with E-state index in [1.54, 1.807) is 37.6 Å². The van der Waals surface area contributed by atoms with Gasteiger partial charge in [0, 0.05) is 6.42 Å². The van der Waals surface area contributed by atoms with Crippen molar-refractivity contribution in [3.8, 4) is 5.75 Å². The molecule has 0 aromatic heterocycles. The van der Waals surface area contributed by atoms with Gasteiger partial charge >= 0.3 is 0 Å². The van der Waals surface area contributed by atoms with Crippen LogP contribution in [-0.4, -0.2) is 33.0 Å². The monoisotopic (exact) mass is 359 g/mol. The van der Waals surface area contributed by atoms with E-state index in [1.807, 2.05) is 31.2 Å². The van der Waals surface area contributed by atoms with Crippen molar-refractivity contribution >= 4 is 10.0 Å². The van der Waals surface area contributed by atoms with Gasteiger partial charge in [0.25, 0.3) is 10.0 Å². The fourth-order valence-electron chi connectivity index (χ4n) is 2.61. The van der Waals surface area contributed by atoms with E-state index in [-0.39, 0.29) is 0 Å². The molecule has 0 fully saturated rings. The number of methoxy groups -OCH3 is 1. The number of allylic oxidation sites excluding steroid dienone is 1. The second kappa shape index (κ2) is 7.19. The molecule has 0 N–H and O–H groups in total. The lowest BCUT2D eigenvalue weighted by Gasteiger charge is -2.27. The van der Waals surface area contributed by atoms with Crippen LogP contribution in [-0.2, 0) is 21.2 Å². The van der Waals surface area contributed by atoms with Gasteiger partial charge in [-0.05, 0) is 36.8 Å². The number of rotatable bonds is 5. The summed E-state index contributed by atoms with van der Waals surface area (Å²) in [7, 11) is -1.94. The zero-order chi connectivity index (χ0) is 17.9. The molecule has 6 heteroatoms. The van der Waals surface area contributed by atoms with E-state index in [0.29, 0.717) is 30.2 Å². The van der Waals surface area contributed by atoms with E-state index in [0.717, 1.165) is 16.9 Å². The van der Waals surface area contributed by atoms with E-state index in [1.165, 1.54) is 4.31 Å². The van der Waals surface area contributed by atoms with Gasteiger partial charge < -0.3 is 9.47 Å². The number of ether oxygens (including phenoxy) is 2. The Hall–Kier alpha value is -2.47. The quantitative estimate of drug-likeness (QED) is 0.823. The maximum absolute atomic E-state index is 12.8. The summed E-state index contributed by atoms with van der Waals surface area (Å²) in [5.41, 5.74) is 2.05. The van der Waals surface area contributed by atoms with Crippen molar-refractivity contribution in [2.75, 3.05) is 20.3 Å². The van der Waals surface area contributed by atoms with Crippen molar-refractivity contribution in [3.05, 3.63) is 71.6 Å². The highest BCUT2D eigenvalue weighted by atomic mass is 32.2. The largest absolute Gasteiger partial charge is 0.497 e. The maximum Gasteiger partial charge on any atom is 0.264 e. The first-order valence-corrected chi connectivity index (χ1v) is 9.48. The van der Waals surface area contributed by atoms with Gasteiger partial charge in [0.05, 0.1) is 24.7 Å². The molecule has 1 heterocycles. The van der Waals surface area contributed by atoms with Crippen LogP contribution in [0.5, 0.6) is 5.75 Å². The highest BCUT2D eigenvalue weighted by Crippen LogP contribution is 2.22. The molecule has 2 aromatic rings. The average molecular weight is 359 g/mol. The minimum atomic E-state index is -3.56. The van der Waals surface area contributed by atoms with Gasteiger partial charge in [-0.1, -0.05) is 29.8 Å². The molecule has 0 bridgehead atoms. The Labute approximate surface area is 148 Å². The summed E-state index contributed by atoms with van der Waals surface area (Å²) in [4.78, 5) is 0.292. The Morgan fingerprint density at radius 1 is 1.08 bits per heavy atom. The van der Waals surface area contributed by atoms with E-state index >= 15 is 0 Å². The van der Waals surface area contributed by atoms with Crippen LogP contribution in [0.3, 0.4) is 0 Å². The van der Waals surface area contributed by atoms with Gasteiger partial charge in [0.2, 0.25) is 0 Å². The number of nitrogens with zero attached hydrogens (tertiary/aromatic N) is 1. The van der Waals surface area contributed by atoms with Crippen molar-refractivity contribution < 1.29 is 17.9 Å². The zero-order valence-corrected chi connectivity index (χ0v) is 15.1. The molecule has 1 aliphatic rings. The predicted octanol–water partition coefficient (Wildman–Crippen LogP) is 3.11. The lowest BCUT2D eigenvalue weighted by atomic mass is 10.1. The molecule has 0 aliphatic carbocycles. The minimum absolute atomic E-state index is 0.292. The topological polar surface area (TPSA) is 55.8 Å². The molecule has 0 amide bonds. The fourth-order valence-corrected chi connectivity index (χ4v) is 3.93. The molecule has 0 atom stereocenters. The third-order valence-electron chi connectivity index (χ3n) is 4.05. The van der Waals surface area contributed by atoms with Crippen LogP contribution in [0, 0.1) is 6.92 Å². The third-order valence-corrected chi connectivity index (χ3v) is 5.83. The fraction of sp³-hybridized carbons (Fsp3) is 0.263. The molecule has 5 nitrogen and oxygen atoms in total. The summed E-state index contributed by atoms with van der Waals surface area (Å²) in [6.45, 7) is 2.58. The number of hydrogen-bond donors (Lipinski definition) is 0. The normalized spacial score (nSPS) is 14.6. The molecular weight excluding hydrogens is 338 g/mol. The van der Waals surface area contributed by atoms with Crippen LogP contribution in [0.15, 0.2) is 65.4 Å². The standard InChI is InChI=1S/C19H21NO4S/c1-15-3-9-19(10-4-15)25(21,22)20-11-12-24-18(14-20)13-16-5-7-17(23-2)8-6-16/h3-10,14H,11-13H2,1-2H3. The first-order valence-electron chi connectivity index (χ1n) is 8.04. The van der Waals surface area contributed by atoms with Crippen LogP contribution >= 0.6 is 0 Å². The van der Waals surface area contributed by atoms with Gasteiger partial charge in [0.15, 0.2) is 0 Å². The summed E-state index contributed by atoms with van der Waals surface area (Å²) in [5.74, 6) is 1.41. The highest BCUT2D eigenvalue weighted by molar-refractivity contribution is 7.89. The van der Waals surface area contributed by atoms with Gasteiger partial charge in [-0.25, -0.2) is 8.42 Å². The van der Waals surface area contributed by atoms with E-state index < -0.39 is 10.0 Å². The molecule has 0 radical (unpaired) electrons. The molecule has 0 saturated carbocycles. The first kappa shape index (κ1) is 17.4. The Kier molecular flexibility index (Phi) is 4.99. The molecular formula is C19H21NO4S. The van der Waals surface area contributed by atoms with Crippen molar-refractivity contribution in [2.24, 2.45) is 0 Å². The van der Waals surface area contributed by atoms with Crippen molar-refractivity contribution in [2.45, 2.75) is 18.2 Å². The molecule has 0 spiro atoms. The number of benzene rings is 2. The number of aryl methyl sites for hydroxylation is 1. The maximum atomic E-state index is 12.8. The van der Waals surface area contributed by atoms with Gasteiger partial charge in [-0.15, -0.1) is 0 Å². The number of sulfonamides is 1. The Morgan fingerprint density at radius 2 is 1.76 bits per heavy atom.